The third kappa shape index (κ3) is 3.74. The summed E-state index contributed by atoms with van der Waals surface area (Å²) in [7, 11) is 0. The lowest BCUT2D eigenvalue weighted by Gasteiger charge is -2.41. The van der Waals surface area contributed by atoms with Crippen LogP contribution < -0.4 is 0 Å². The molecule has 31 heavy (non-hydrogen) atoms. The third-order valence-corrected chi connectivity index (χ3v) is 6.73. The number of ether oxygens (including phenoxy) is 1. The Balaban J connectivity index is 1.64. The first-order chi connectivity index (χ1) is 14.7. The number of halogens is 2. The summed E-state index contributed by atoms with van der Waals surface area (Å²) < 4.78 is 34.5. The van der Waals surface area contributed by atoms with Gasteiger partial charge in [-0.15, -0.1) is 0 Å². The number of carbonyl (C=O) groups is 1. The van der Waals surface area contributed by atoms with E-state index in [2.05, 4.69) is 11.1 Å². The molecule has 0 spiro atoms. The Morgan fingerprint density at radius 1 is 1.19 bits per heavy atom. The van der Waals surface area contributed by atoms with E-state index in [0.717, 1.165) is 16.8 Å². The van der Waals surface area contributed by atoms with Crippen molar-refractivity contribution < 1.29 is 18.3 Å². The fourth-order valence-corrected chi connectivity index (χ4v) is 5.01. The summed E-state index contributed by atoms with van der Waals surface area (Å²) in [6.45, 7) is 5.19. The smallest absolute Gasteiger partial charge is 0.309 e. The normalized spacial score (nSPS) is 29.4. The summed E-state index contributed by atoms with van der Waals surface area (Å²) in [5.41, 5.74) is 3.63. The Morgan fingerprint density at radius 3 is 2.65 bits per heavy atom. The van der Waals surface area contributed by atoms with Crippen molar-refractivity contribution >= 4 is 12.0 Å². The number of aryl methyl sites for hydroxylation is 1. The summed E-state index contributed by atoms with van der Waals surface area (Å²) >= 11 is 0. The molecule has 0 N–H and O–H groups in total. The minimum atomic E-state index is -2.92. The topological polar surface area (TPSA) is 63.0 Å². The van der Waals surface area contributed by atoms with E-state index in [9.17, 15) is 18.8 Å². The molecule has 1 aromatic carbocycles. The summed E-state index contributed by atoms with van der Waals surface area (Å²) in [5, 5.41) is 9.36. The molecule has 2 aliphatic rings. The zero-order valence-corrected chi connectivity index (χ0v) is 17.7. The van der Waals surface area contributed by atoms with Crippen LogP contribution in [0.2, 0.25) is 0 Å². The highest BCUT2D eigenvalue weighted by Crippen LogP contribution is 2.52. The van der Waals surface area contributed by atoms with Crippen molar-refractivity contribution in [1.29, 1.82) is 5.26 Å². The predicted molar refractivity (Wildman–Crippen MR) is 113 cm³/mol. The van der Waals surface area contributed by atoms with Crippen molar-refractivity contribution in [1.82, 2.24) is 4.98 Å². The van der Waals surface area contributed by atoms with Crippen molar-refractivity contribution in [3.63, 3.8) is 0 Å². The molecule has 2 fully saturated rings. The van der Waals surface area contributed by atoms with Crippen LogP contribution in [0, 0.1) is 41.9 Å². The van der Waals surface area contributed by atoms with E-state index >= 15 is 0 Å². The second-order valence-corrected chi connectivity index (χ2v) is 8.54. The number of pyridine rings is 1. The van der Waals surface area contributed by atoms with E-state index in [-0.39, 0.29) is 12.0 Å². The van der Waals surface area contributed by atoms with Gasteiger partial charge in [0, 0.05) is 35.1 Å². The Bertz CT molecular complexity index is 1090. The average Bonchev–Trinajstić information content (AvgIpc) is 3.01. The van der Waals surface area contributed by atoms with Crippen LogP contribution in [0.25, 0.3) is 17.2 Å². The van der Waals surface area contributed by atoms with Crippen LogP contribution >= 0.6 is 0 Å². The van der Waals surface area contributed by atoms with Gasteiger partial charge in [0.05, 0.1) is 23.2 Å². The van der Waals surface area contributed by atoms with Crippen LogP contribution in [0.3, 0.4) is 0 Å². The number of alkyl halides is 2. The highest BCUT2D eigenvalue weighted by molar-refractivity contribution is 5.76. The molecule has 4 nitrogen and oxygen atoms in total. The molecule has 2 heterocycles. The van der Waals surface area contributed by atoms with Gasteiger partial charge in [0.1, 0.15) is 6.10 Å². The van der Waals surface area contributed by atoms with Gasteiger partial charge in [0.25, 0.3) is 5.92 Å². The molecule has 160 valence electrons. The lowest BCUT2D eigenvalue weighted by atomic mass is 9.64. The van der Waals surface area contributed by atoms with Gasteiger partial charge in [0.15, 0.2) is 0 Å². The number of cyclic esters (lactones) is 1. The maximum atomic E-state index is 14.6. The summed E-state index contributed by atoms with van der Waals surface area (Å²) in [4.78, 5) is 16.7. The highest BCUT2D eigenvalue weighted by atomic mass is 19.3. The lowest BCUT2D eigenvalue weighted by molar-refractivity contribution is -0.152. The van der Waals surface area contributed by atoms with E-state index < -0.39 is 36.1 Å². The minimum absolute atomic E-state index is 0.263. The number of benzene rings is 1. The molecular formula is C25H24F2N2O2. The summed E-state index contributed by atoms with van der Waals surface area (Å²) in [5.74, 6) is -5.86. The Hall–Kier alpha value is -3.07. The Kier molecular flexibility index (Phi) is 5.38. The van der Waals surface area contributed by atoms with E-state index in [1.807, 2.05) is 37.3 Å². The number of allylic oxidation sites excluding steroid dienone is 1. The SMILES string of the molecule is Cc1nc(/C=C/[C@@H]2[C@@H]3[C@@H](C)OC(=O)[C@@H]3CC(F)(F)[C@H]2C)ccc1-c1ccccc1C#N. The van der Waals surface area contributed by atoms with Crippen LogP contribution in [0.5, 0.6) is 0 Å². The van der Waals surface area contributed by atoms with Crippen molar-refractivity contribution in [2.75, 3.05) is 0 Å². The molecule has 0 unspecified atom stereocenters. The van der Waals surface area contributed by atoms with E-state index in [1.165, 1.54) is 0 Å². The molecule has 6 heteroatoms. The van der Waals surface area contributed by atoms with Gasteiger partial charge < -0.3 is 4.74 Å². The number of hydrogen-bond donors (Lipinski definition) is 0. The van der Waals surface area contributed by atoms with Crippen LogP contribution in [0.4, 0.5) is 8.78 Å². The zero-order valence-electron chi connectivity index (χ0n) is 17.7. The van der Waals surface area contributed by atoms with Crippen molar-refractivity contribution in [3.8, 4) is 17.2 Å². The summed E-state index contributed by atoms with van der Waals surface area (Å²) in [6.07, 6.45) is 2.68. The van der Waals surface area contributed by atoms with Crippen LogP contribution in [0.15, 0.2) is 42.5 Å². The molecule has 0 bridgehead atoms. The number of esters is 1. The Morgan fingerprint density at radius 2 is 1.94 bits per heavy atom. The van der Waals surface area contributed by atoms with Gasteiger partial charge in [-0.25, -0.2) is 8.78 Å². The first-order valence-corrected chi connectivity index (χ1v) is 10.5. The molecule has 1 saturated carbocycles. The van der Waals surface area contributed by atoms with Crippen molar-refractivity contribution in [2.45, 2.75) is 39.2 Å². The lowest BCUT2D eigenvalue weighted by Crippen LogP contribution is -2.46. The van der Waals surface area contributed by atoms with E-state index in [4.69, 9.17) is 4.74 Å². The second kappa shape index (κ2) is 7.88. The molecule has 4 rings (SSSR count). The predicted octanol–water partition coefficient (Wildman–Crippen LogP) is 5.41. The highest BCUT2D eigenvalue weighted by Gasteiger charge is 2.59. The van der Waals surface area contributed by atoms with Gasteiger partial charge in [-0.05, 0) is 38.0 Å². The number of fused-ring (bicyclic) bond motifs is 1. The number of carbonyl (C=O) groups excluding carboxylic acids is 1. The number of aromatic nitrogens is 1. The van der Waals surface area contributed by atoms with Gasteiger partial charge in [-0.1, -0.05) is 37.3 Å². The quantitative estimate of drug-likeness (QED) is 0.621. The molecule has 0 amide bonds. The van der Waals surface area contributed by atoms with Crippen LogP contribution in [-0.4, -0.2) is 23.0 Å². The maximum absolute atomic E-state index is 14.6. The molecular weight excluding hydrogens is 398 g/mol. The van der Waals surface area contributed by atoms with E-state index in [1.54, 1.807) is 32.1 Å². The molecule has 0 radical (unpaired) electrons. The molecule has 1 aliphatic heterocycles. The number of hydrogen-bond acceptors (Lipinski definition) is 4. The number of nitrogens with zero attached hydrogens (tertiary/aromatic N) is 2. The van der Waals surface area contributed by atoms with E-state index in [0.29, 0.717) is 11.3 Å². The van der Waals surface area contributed by atoms with Crippen molar-refractivity contribution in [3.05, 3.63) is 59.4 Å². The van der Waals surface area contributed by atoms with Gasteiger partial charge >= 0.3 is 5.97 Å². The largest absolute Gasteiger partial charge is 0.462 e. The fourth-order valence-electron chi connectivity index (χ4n) is 5.01. The monoisotopic (exact) mass is 422 g/mol. The van der Waals surface area contributed by atoms with Crippen molar-refractivity contribution in [2.24, 2.45) is 23.7 Å². The number of nitriles is 1. The zero-order chi connectivity index (χ0) is 22.3. The van der Waals surface area contributed by atoms with Gasteiger partial charge in [-0.2, -0.15) is 5.26 Å². The first-order valence-electron chi connectivity index (χ1n) is 10.5. The molecule has 2 aromatic rings. The van der Waals surface area contributed by atoms with Crippen LogP contribution in [0.1, 0.15) is 37.2 Å². The number of rotatable bonds is 3. The molecule has 1 aromatic heterocycles. The minimum Gasteiger partial charge on any atom is -0.462 e. The fraction of sp³-hybridized carbons (Fsp3) is 0.400. The van der Waals surface area contributed by atoms with Crippen LogP contribution in [-0.2, 0) is 9.53 Å². The van der Waals surface area contributed by atoms with Gasteiger partial charge in [-0.3, -0.25) is 9.78 Å². The molecule has 1 saturated heterocycles. The molecule has 5 atom stereocenters. The summed E-state index contributed by atoms with van der Waals surface area (Å²) in [6, 6.07) is 13.2. The average molecular weight is 422 g/mol. The standard InChI is InChI=1S/C25H24F2N2O2/c1-14-19(23-16(3)31-24(30)22(23)12-25(14,26)27)10-8-18-9-11-20(15(2)29-18)21-7-5-4-6-17(21)13-28/h4-11,14,16,19,22-23H,12H2,1-3H3/b10-8+/t14-,16+,19-,22+,23-/m0/s1. The third-order valence-electron chi connectivity index (χ3n) is 6.73. The maximum Gasteiger partial charge on any atom is 0.309 e. The van der Waals surface area contributed by atoms with Gasteiger partial charge in [0.2, 0.25) is 0 Å². The first kappa shape index (κ1) is 21.2. The Labute approximate surface area is 180 Å². The molecule has 1 aliphatic carbocycles. The second-order valence-electron chi connectivity index (χ2n) is 8.54.